The van der Waals surface area contributed by atoms with Crippen molar-refractivity contribution >= 4 is 5.91 Å². The average molecular weight is 289 g/mol. The maximum absolute atomic E-state index is 12.1. The number of hydrogen-bond acceptors (Lipinski definition) is 3. The van der Waals surface area contributed by atoms with Crippen LogP contribution in [0.25, 0.3) is 0 Å². The Kier molecular flexibility index (Phi) is 6.21. The fourth-order valence-corrected chi connectivity index (χ4v) is 2.93. The van der Waals surface area contributed by atoms with Crippen molar-refractivity contribution in [2.24, 2.45) is 5.92 Å². The highest BCUT2D eigenvalue weighted by Gasteiger charge is 2.17. The van der Waals surface area contributed by atoms with Crippen LogP contribution in [0.4, 0.5) is 0 Å². The van der Waals surface area contributed by atoms with E-state index in [0.29, 0.717) is 6.54 Å². The summed E-state index contributed by atoms with van der Waals surface area (Å²) in [6, 6.07) is 10.1. The number of nitrogens with one attached hydrogen (secondary N) is 2. The quantitative estimate of drug-likeness (QED) is 0.839. The second-order valence-electron chi connectivity index (χ2n) is 6.09. The molecule has 1 amide bonds. The highest BCUT2D eigenvalue weighted by molar-refractivity contribution is 5.78. The molecule has 1 heterocycles. The molecule has 1 aliphatic rings. The maximum Gasteiger partial charge on any atom is 0.234 e. The average Bonchev–Trinajstić information content (AvgIpc) is 2.48. The summed E-state index contributed by atoms with van der Waals surface area (Å²) in [7, 11) is 2.04. The van der Waals surface area contributed by atoms with Crippen LogP contribution in [-0.4, -0.2) is 44.0 Å². The molecule has 4 nitrogen and oxygen atoms in total. The molecule has 116 valence electrons. The van der Waals surface area contributed by atoms with Gasteiger partial charge in [-0.25, -0.2) is 0 Å². The summed E-state index contributed by atoms with van der Waals surface area (Å²) < 4.78 is 0. The van der Waals surface area contributed by atoms with Crippen molar-refractivity contribution in [3.63, 3.8) is 0 Å². The van der Waals surface area contributed by atoms with E-state index in [4.69, 9.17) is 0 Å². The first-order valence-corrected chi connectivity index (χ1v) is 7.88. The first kappa shape index (κ1) is 16.0. The van der Waals surface area contributed by atoms with Crippen molar-refractivity contribution in [2.75, 3.05) is 33.2 Å². The summed E-state index contributed by atoms with van der Waals surface area (Å²) in [5.74, 6) is 0.818. The van der Waals surface area contributed by atoms with Crippen molar-refractivity contribution < 1.29 is 4.79 Å². The van der Waals surface area contributed by atoms with Crippen LogP contribution in [0.1, 0.15) is 31.4 Å². The highest BCUT2D eigenvalue weighted by Crippen LogP contribution is 2.13. The van der Waals surface area contributed by atoms with Gasteiger partial charge in [0.1, 0.15) is 0 Å². The number of rotatable bonds is 6. The molecule has 0 bridgehead atoms. The number of likely N-dealkylation sites (N-methyl/N-ethyl adjacent to an activating group) is 1. The lowest BCUT2D eigenvalue weighted by atomic mass is 9.98. The zero-order chi connectivity index (χ0) is 15.1. The van der Waals surface area contributed by atoms with Crippen molar-refractivity contribution in [1.82, 2.24) is 15.5 Å². The van der Waals surface area contributed by atoms with Crippen molar-refractivity contribution in [3.8, 4) is 0 Å². The molecule has 0 aliphatic carbocycles. The van der Waals surface area contributed by atoms with Crippen LogP contribution in [0.5, 0.6) is 0 Å². The van der Waals surface area contributed by atoms with Crippen molar-refractivity contribution in [2.45, 2.75) is 25.8 Å². The van der Waals surface area contributed by atoms with E-state index < -0.39 is 0 Å². The Morgan fingerprint density at radius 2 is 2.00 bits per heavy atom. The third-order valence-corrected chi connectivity index (χ3v) is 4.12. The maximum atomic E-state index is 12.1. The molecule has 1 aromatic rings. The van der Waals surface area contributed by atoms with Crippen LogP contribution in [0.3, 0.4) is 0 Å². The van der Waals surface area contributed by atoms with Gasteiger partial charge in [0.2, 0.25) is 5.91 Å². The molecule has 0 spiro atoms. The van der Waals surface area contributed by atoms with Crippen molar-refractivity contribution in [1.29, 1.82) is 0 Å². The van der Waals surface area contributed by atoms with Gasteiger partial charge in [-0.3, -0.25) is 9.69 Å². The zero-order valence-electron chi connectivity index (χ0n) is 13.1. The molecule has 1 fully saturated rings. The van der Waals surface area contributed by atoms with E-state index >= 15 is 0 Å². The summed E-state index contributed by atoms with van der Waals surface area (Å²) in [5, 5.41) is 6.45. The van der Waals surface area contributed by atoms with Crippen LogP contribution in [0.2, 0.25) is 0 Å². The Morgan fingerprint density at radius 3 is 2.67 bits per heavy atom. The molecule has 2 N–H and O–H groups in total. The Balaban J connectivity index is 1.73. The number of nitrogens with zero attached hydrogens (tertiary/aromatic N) is 1. The van der Waals surface area contributed by atoms with Crippen LogP contribution < -0.4 is 10.6 Å². The van der Waals surface area contributed by atoms with Gasteiger partial charge >= 0.3 is 0 Å². The summed E-state index contributed by atoms with van der Waals surface area (Å²) in [6.07, 6.45) is 2.43. The van der Waals surface area contributed by atoms with Gasteiger partial charge in [-0.05, 0) is 51.4 Å². The third kappa shape index (κ3) is 5.48. The predicted octanol–water partition coefficient (Wildman–Crippen LogP) is 1.80. The molecular formula is C17H27N3O. The van der Waals surface area contributed by atoms with Crippen LogP contribution in [0.15, 0.2) is 30.3 Å². The molecule has 4 heteroatoms. The van der Waals surface area contributed by atoms with Gasteiger partial charge in [0.05, 0.1) is 12.6 Å². The first-order valence-electron chi connectivity index (χ1n) is 7.88. The van der Waals surface area contributed by atoms with E-state index in [9.17, 15) is 4.79 Å². The topological polar surface area (TPSA) is 44.4 Å². The lowest BCUT2D eigenvalue weighted by Gasteiger charge is -2.27. The molecule has 1 aromatic carbocycles. The normalized spacial score (nSPS) is 17.7. The van der Waals surface area contributed by atoms with Crippen molar-refractivity contribution in [3.05, 3.63) is 35.9 Å². The van der Waals surface area contributed by atoms with Crippen LogP contribution in [0, 0.1) is 5.92 Å². The Labute approximate surface area is 127 Å². The number of amides is 1. The summed E-state index contributed by atoms with van der Waals surface area (Å²) in [5.41, 5.74) is 1.15. The smallest absolute Gasteiger partial charge is 0.234 e. The van der Waals surface area contributed by atoms with E-state index in [1.165, 1.54) is 12.8 Å². The Bertz CT molecular complexity index is 429. The zero-order valence-corrected chi connectivity index (χ0v) is 13.1. The largest absolute Gasteiger partial charge is 0.348 e. The van der Waals surface area contributed by atoms with E-state index in [1.807, 2.05) is 44.3 Å². The van der Waals surface area contributed by atoms with Gasteiger partial charge < -0.3 is 10.6 Å². The molecule has 1 aliphatic heterocycles. The van der Waals surface area contributed by atoms with E-state index in [2.05, 4.69) is 15.5 Å². The third-order valence-electron chi connectivity index (χ3n) is 4.12. The van der Waals surface area contributed by atoms with Crippen LogP contribution >= 0.6 is 0 Å². The minimum Gasteiger partial charge on any atom is -0.348 e. The minimum absolute atomic E-state index is 0.0611. The van der Waals surface area contributed by atoms with Gasteiger partial charge in [-0.1, -0.05) is 30.3 Å². The standard InChI is InChI=1S/C17H27N3O/c1-14(16-6-4-3-5-7-16)19-17(21)13-20(2)12-15-8-10-18-11-9-15/h3-7,14-15,18H,8-13H2,1-2H3,(H,19,21). The Morgan fingerprint density at radius 1 is 1.33 bits per heavy atom. The Hall–Kier alpha value is -1.39. The second kappa shape index (κ2) is 8.15. The number of piperidine rings is 1. The summed E-state index contributed by atoms with van der Waals surface area (Å²) in [4.78, 5) is 14.3. The molecule has 0 aromatic heterocycles. The van der Waals surface area contributed by atoms with Gasteiger partial charge in [0.15, 0.2) is 0 Å². The molecular weight excluding hydrogens is 262 g/mol. The van der Waals surface area contributed by atoms with Gasteiger partial charge in [-0.2, -0.15) is 0 Å². The number of carbonyl (C=O) groups excluding carboxylic acids is 1. The summed E-state index contributed by atoms with van der Waals surface area (Å²) in [6.45, 7) is 5.72. The van der Waals surface area contributed by atoms with Gasteiger partial charge in [0, 0.05) is 6.54 Å². The first-order chi connectivity index (χ1) is 10.1. The summed E-state index contributed by atoms with van der Waals surface area (Å²) >= 11 is 0. The lowest BCUT2D eigenvalue weighted by Crippen LogP contribution is -2.40. The fourth-order valence-electron chi connectivity index (χ4n) is 2.93. The fraction of sp³-hybridized carbons (Fsp3) is 0.588. The molecule has 1 atom stereocenters. The molecule has 1 unspecified atom stereocenters. The van der Waals surface area contributed by atoms with Crippen LogP contribution in [-0.2, 0) is 4.79 Å². The molecule has 21 heavy (non-hydrogen) atoms. The number of benzene rings is 1. The molecule has 2 rings (SSSR count). The second-order valence-corrected chi connectivity index (χ2v) is 6.09. The van der Waals surface area contributed by atoms with E-state index in [1.54, 1.807) is 0 Å². The minimum atomic E-state index is 0.0611. The molecule has 0 radical (unpaired) electrons. The lowest BCUT2D eigenvalue weighted by molar-refractivity contribution is -0.122. The number of carbonyl (C=O) groups is 1. The van der Waals surface area contributed by atoms with E-state index in [0.717, 1.165) is 31.1 Å². The highest BCUT2D eigenvalue weighted by atomic mass is 16.2. The monoisotopic (exact) mass is 289 g/mol. The predicted molar refractivity (Wildman–Crippen MR) is 86.1 cm³/mol. The number of hydrogen-bond donors (Lipinski definition) is 2. The molecule has 0 saturated carbocycles. The molecule has 1 saturated heterocycles. The SMILES string of the molecule is CC(NC(=O)CN(C)CC1CCNCC1)c1ccccc1. The van der Waals surface area contributed by atoms with E-state index in [-0.39, 0.29) is 11.9 Å². The van der Waals surface area contributed by atoms with Gasteiger partial charge in [0.25, 0.3) is 0 Å². The van der Waals surface area contributed by atoms with Gasteiger partial charge in [-0.15, -0.1) is 0 Å².